The van der Waals surface area contributed by atoms with E-state index in [0.29, 0.717) is 6.54 Å². The van der Waals surface area contributed by atoms with Gasteiger partial charge in [-0.1, -0.05) is 30.3 Å². The van der Waals surface area contributed by atoms with E-state index in [1.165, 1.54) is 0 Å². The number of carbonyl (C=O) groups excluding carboxylic acids is 1. The number of carbonyl (C=O) groups is 1. The Morgan fingerprint density at radius 3 is 2.70 bits per heavy atom. The summed E-state index contributed by atoms with van der Waals surface area (Å²) >= 11 is 0. The molecular formula is C17H19NO2. The van der Waals surface area contributed by atoms with E-state index in [9.17, 15) is 4.79 Å². The van der Waals surface area contributed by atoms with E-state index >= 15 is 0 Å². The molecule has 0 heterocycles. The summed E-state index contributed by atoms with van der Waals surface area (Å²) in [4.78, 5) is 12.0. The maximum atomic E-state index is 12.0. The lowest BCUT2D eigenvalue weighted by atomic mass is 9.97. The Bertz CT molecular complexity index is 634. The summed E-state index contributed by atoms with van der Waals surface area (Å²) in [7, 11) is 1.65. The molecule has 1 amide bonds. The monoisotopic (exact) mass is 269 g/mol. The second-order valence-corrected chi connectivity index (χ2v) is 4.73. The zero-order chi connectivity index (χ0) is 14.5. The van der Waals surface area contributed by atoms with Crippen LogP contribution in [0.3, 0.4) is 0 Å². The summed E-state index contributed by atoms with van der Waals surface area (Å²) in [5.41, 5.74) is 1.00. The van der Waals surface area contributed by atoms with Crippen LogP contribution in [-0.4, -0.2) is 19.6 Å². The minimum atomic E-state index is -0.179. The third-order valence-electron chi connectivity index (χ3n) is 3.39. The van der Waals surface area contributed by atoms with E-state index in [-0.39, 0.29) is 11.8 Å². The summed E-state index contributed by atoms with van der Waals surface area (Å²) in [5.74, 6) is 0.668. The molecule has 0 saturated carbocycles. The second kappa shape index (κ2) is 6.24. The Hall–Kier alpha value is -2.29. The fourth-order valence-electron chi connectivity index (χ4n) is 2.12. The fraction of sp³-hybridized carbons (Fsp3) is 0.235. The normalized spacial score (nSPS) is 11.9. The minimum absolute atomic E-state index is 0.0118. The molecule has 3 nitrogen and oxygen atoms in total. The van der Waals surface area contributed by atoms with Crippen molar-refractivity contribution in [1.82, 2.24) is 5.32 Å². The molecule has 1 N–H and O–H groups in total. The van der Waals surface area contributed by atoms with Gasteiger partial charge < -0.3 is 10.1 Å². The molecule has 0 unspecified atom stereocenters. The lowest BCUT2D eigenvalue weighted by Gasteiger charge is -2.12. The quantitative estimate of drug-likeness (QED) is 0.846. The van der Waals surface area contributed by atoms with Crippen molar-refractivity contribution in [1.29, 1.82) is 0 Å². The predicted molar refractivity (Wildman–Crippen MR) is 82.1 cm³/mol. The molecule has 0 radical (unpaired) electrons. The van der Waals surface area contributed by atoms with Crippen molar-refractivity contribution in [2.45, 2.75) is 12.8 Å². The van der Waals surface area contributed by atoms with Gasteiger partial charge in [-0.2, -0.15) is 0 Å². The van der Waals surface area contributed by atoms with Crippen LogP contribution in [0.5, 0.6) is 5.75 Å². The highest BCUT2D eigenvalue weighted by atomic mass is 16.5. The summed E-state index contributed by atoms with van der Waals surface area (Å²) < 4.78 is 5.21. The van der Waals surface area contributed by atoms with E-state index in [4.69, 9.17) is 4.74 Å². The van der Waals surface area contributed by atoms with Gasteiger partial charge in [-0.05, 0) is 35.4 Å². The molecule has 0 aliphatic rings. The van der Waals surface area contributed by atoms with Crippen LogP contribution < -0.4 is 10.1 Å². The number of benzene rings is 2. The molecule has 2 rings (SSSR count). The van der Waals surface area contributed by atoms with E-state index < -0.39 is 0 Å². The van der Waals surface area contributed by atoms with Crippen LogP contribution in [0.1, 0.15) is 18.4 Å². The van der Waals surface area contributed by atoms with Crippen molar-refractivity contribution in [3.63, 3.8) is 0 Å². The predicted octanol–water partition coefficient (Wildman–Crippen LogP) is 3.25. The van der Waals surface area contributed by atoms with Gasteiger partial charge in [-0.25, -0.2) is 0 Å². The maximum absolute atomic E-state index is 12.0. The number of methoxy groups -OCH3 is 1. The van der Waals surface area contributed by atoms with Crippen molar-refractivity contribution in [3.05, 3.63) is 54.6 Å². The summed E-state index contributed by atoms with van der Waals surface area (Å²) in [6.45, 7) is 6.00. The number of ether oxygens (including phenoxy) is 1. The minimum Gasteiger partial charge on any atom is -0.497 e. The van der Waals surface area contributed by atoms with Gasteiger partial charge in [0.05, 0.1) is 13.0 Å². The molecule has 0 aliphatic heterocycles. The van der Waals surface area contributed by atoms with Crippen molar-refractivity contribution < 1.29 is 9.53 Å². The van der Waals surface area contributed by atoms with E-state index in [1.807, 2.05) is 43.3 Å². The largest absolute Gasteiger partial charge is 0.497 e. The smallest absolute Gasteiger partial charge is 0.227 e. The first-order valence-corrected chi connectivity index (χ1v) is 6.62. The molecule has 0 bridgehead atoms. The Kier molecular flexibility index (Phi) is 4.41. The molecule has 3 heteroatoms. The van der Waals surface area contributed by atoms with Gasteiger partial charge in [-0.15, -0.1) is 6.58 Å². The van der Waals surface area contributed by atoms with Crippen LogP contribution in [0.25, 0.3) is 10.8 Å². The third-order valence-corrected chi connectivity index (χ3v) is 3.39. The highest BCUT2D eigenvalue weighted by Crippen LogP contribution is 2.25. The second-order valence-electron chi connectivity index (χ2n) is 4.73. The number of hydrogen-bond donors (Lipinski definition) is 1. The van der Waals surface area contributed by atoms with E-state index in [2.05, 4.69) is 11.9 Å². The molecule has 1 atom stereocenters. The molecule has 2 aromatic carbocycles. The summed E-state index contributed by atoms with van der Waals surface area (Å²) in [5, 5.41) is 5.03. The first-order valence-electron chi connectivity index (χ1n) is 6.62. The van der Waals surface area contributed by atoms with Gasteiger partial charge in [-0.3, -0.25) is 4.79 Å². The SMILES string of the molecule is C=CCNC(=O)[C@H](C)c1ccc2cc(OC)ccc2c1. The van der Waals surface area contributed by atoms with E-state index in [1.54, 1.807) is 13.2 Å². The van der Waals surface area contributed by atoms with Crippen molar-refractivity contribution in [2.24, 2.45) is 0 Å². The highest BCUT2D eigenvalue weighted by Gasteiger charge is 2.14. The van der Waals surface area contributed by atoms with Gasteiger partial charge in [0.25, 0.3) is 0 Å². The number of amides is 1. The van der Waals surface area contributed by atoms with Crippen molar-refractivity contribution in [3.8, 4) is 5.75 Å². The molecule has 2 aromatic rings. The van der Waals surface area contributed by atoms with Gasteiger partial charge in [0.1, 0.15) is 5.75 Å². The van der Waals surface area contributed by atoms with Gasteiger partial charge in [0.15, 0.2) is 0 Å². The Balaban J connectivity index is 2.27. The molecule has 0 fully saturated rings. The molecule has 0 aromatic heterocycles. The Morgan fingerprint density at radius 1 is 1.30 bits per heavy atom. The summed E-state index contributed by atoms with van der Waals surface area (Å²) in [6, 6.07) is 12.0. The number of nitrogens with one attached hydrogen (secondary N) is 1. The molecule has 0 saturated heterocycles. The average molecular weight is 269 g/mol. The molecule has 0 spiro atoms. The van der Waals surface area contributed by atoms with Crippen molar-refractivity contribution >= 4 is 16.7 Å². The zero-order valence-corrected chi connectivity index (χ0v) is 11.8. The maximum Gasteiger partial charge on any atom is 0.227 e. The molecule has 20 heavy (non-hydrogen) atoms. The lowest BCUT2D eigenvalue weighted by molar-refractivity contribution is -0.121. The first-order chi connectivity index (χ1) is 9.65. The Morgan fingerprint density at radius 2 is 2.00 bits per heavy atom. The molecular weight excluding hydrogens is 250 g/mol. The van der Waals surface area contributed by atoms with Crippen LogP contribution in [0.15, 0.2) is 49.1 Å². The fourth-order valence-corrected chi connectivity index (χ4v) is 2.12. The summed E-state index contributed by atoms with van der Waals surface area (Å²) in [6.07, 6.45) is 1.68. The topological polar surface area (TPSA) is 38.3 Å². The molecule has 0 aliphatic carbocycles. The first kappa shape index (κ1) is 14.1. The van der Waals surface area contributed by atoms with Crippen LogP contribution in [0.4, 0.5) is 0 Å². The van der Waals surface area contributed by atoms with Crippen LogP contribution in [-0.2, 0) is 4.79 Å². The standard InChI is InChI=1S/C17H19NO2/c1-4-9-18-17(19)12(2)13-5-6-15-11-16(20-3)8-7-14(15)10-13/h4-8,10-12H,1,9H2,2-3H3,(H,18,19)/t12-/m1/s1. The highest BCUT2D eigenvalue weighted by molar-refractivity contribution is 5.88. The van der Waals surface area contributed by atoms with Crippen LogP contribution >= 0.6 is 0 Å². The lowest BCUT2D eigenvalue weighted by Crippen LogP contribution is -2.27. The van der Waals surface area contributed by atoms with Gasteiger partial charge in [0, 0.05) is 6.54 Å². The zero-order valence-electron chi connectivity index (χ0n) is 11.8. The third kappa shape index (κ3) is 2.99. The molecule has 104 valence electrons. The van der Waals surface area contributed by atoms with Gasteiger partial charge >= 0.3 is 0 Å². The van der Waals surface area contributed by atoms with Crippen LogP contribution in [0, 0.1) is 0 Å². The van der Waals surface area contributed by atoms with Gasteiger partial charge in [0.2, 0.25) is 5.91 Å². The average Bonchev–Trinajstić information content (AvgIpc) is 2.50. The number of hydrogen-bond acceptors (Lipinski definition) is 2. The Labute approximate surface area is 119 Å². The van der Waals surface area contributed by atoms with Crippen molar-refractivity contribution in [2.75, 3.05) is 13.7 Å². The van der Waals surface area contributed by atoms with E-state index in [0.717, 1.165) is 22.1 Å². The number of fused-ring (bicyclic) bond motifs is 1. The van der Waals surface area contributed by atoms with Crippen LogP contribution in [0.2, 0.25) is 0 Å². The number of rotatable bonds is 5.